The fraction of sp³-hybridized carbons (Fsp3) is 0.273. The number of aromatic nitrogens is 6. The molecule has 0 radical (unpaired) electrons. The molecule has 2 aromatic carbocycles. The Morgan fingerprint density at radius 2 is 1.00 bits per heavy atom. The number of nitrogen functional groups attached to an aromatic ring is 2. The third-order valence-corrected chi connectivity index (χ3v) is 6.94. The van der Waals surface area contributed by atoms with Crippen LogP contribution < -0.4 is 11.7 Å². The van der Waals surface area contributed by atoms with Crippen LogP contribution in [0.25, 0.3) is 0 Å². The summed E-state index contributed by atoms with van der Waals surface area (Å²) in [4.78, 5) is 0. The third-order valence-electron chi connectivity index (χ3n) is 4.88. The van der Waals surface area contributed by atoms with Crippen LogP contribution in [-0.4, -0.2) is 41.3 Å². The Kier molecular flexibility index (Phi) is 7.68. The zero-order chi connectivity index (χ0) is 22.2. The van der Waals surface area contributed by atoms with Crippen molar-refractivity contribution in [3.8, 4) is 0 Å². The molecule has 4 N–H and O–H groups in total. The number of benzene rings is 2. The van der Waals surface area contributed by atoms with Gasteiger partial charge in [-0.1, -0.05) is 84.2 Å². The van der Waals surface area contributed by atoms with Crippen molar-refractivity contribution in [2.24, 2.45) is 0 Å². The van der Waals surface area contributed by atoms with Crippen molar-refractivity contribution in [2.45, 2.75) is 36.0 Å². The van der Waals surface area contributed by atoms with Crippen LogP contribution in [0, 0.1) is 0 Å². The molecule has 0 aliphatic heterocycles. The lowest BCUT2D eigenvalue weighted by atomic mass is 10.1. The molecule has 0 bridgehead atoms. The van der Waals surface area contributed by atoms with E-state index in [1.54, 1.807) is 32.9 Å². The number of hydrogen-bond acceptors (Lipinski definition) is 8. The van der Waals surface area contributed by atoms with Crippen LogP contribution in [0.3, 0.4) is 0 Å². The van der Waals surface area contributed by atoms with Crippen LogP contribution in [0.15, 0.2) is 71.0 Å². The molecule has 4 rings (SSSR count). The maximum absolute atomic E-state index is 6.18. The Labute approximate surface area is 195 Å². The lowest BCUT2D eigenvalue weighted by Gasteiger charge is -2.05. The van der Waals surface area contributed by atoms with Gasteiger partial charge in [-0.2, -0.15) is 0 Å². The summed E-state index contributed by atoms with van der Waals surface area (Å²) >= 11 is 3.26. The van der Waals surface area contributed by atoms with E-state index in [-0.39, 0.29) is 0 Å². The minimum Gasteiger partial charge on any atom is -0.336 e. The molecule has 32 heavy (non-hydrogen) atoms. The molecule has 166 valence electrons. The third kappa shape index (κ3) is 5.83. The van der Waals surface area contributed by atoms with Gasteiger partial charge in [-0.15, -0.1) is 20.4 Å². The first-order valence-electron chi connectivity index (χ1n) is 10.4. The number of hydrogen-bond donors (Lipinski definition) is 2. The lowest BCUT2D eigenvalue weighted by molar-refractivity contribution is 0.799. The Morgan fingerprint density at radius 1 is 0.594 bits per heavy atom. The van der Waals surface area contributed by atoms with E-state index in [1.807, 2.05) is 36.4 Å². The van der Waals surface area contributed by atoms with E-state index in [1.165, 1.54) is 11.1 Å². The van der Waals surface area contributed by atoms with Crippen LogP contribution in [0.2, 0.25) is 0 Å². The minimum absolute atomic E-state index is 0.674. The molecule has 0 saturated carbocycles. The lowest BCUT2D eigenvalue weighted by Crippen LogP contribution is -2.14. The monoisotopic (exact) mass is 466 g/mol. The van der Waals surface area contributed by atoms with Gasteiger partial charge in [0.1, 0.15) is 0 Å². The highest BCUT2D eigenvalue weighted by atomic mass is 32.2. The SMILES string of the molecule is Nn1c(Cc2ccccc2)nnc1SCCCCSc1nnc(Cc2ccccc2)n1N. The molecule has 0 saturated heterocycles. The summed E-state index contributed by atoms with van der Waals surface area (Å²) in [6, 6.07) is 20.3. The zero-order valence-corrected chi connectivity index (χ0v) is 19.3. The van der Waals surface area contributed by atoms with Gasteiger partial charge in [0.2, 0.25) is 10.3 Å². The molecule has 8 nitrogen and oxygen atoms in total. The van der Waals surface area contributed by atoms with Crippen molar-refractivity contribution in [3.63, 3.8) is 0 Å². The van der Waals surface area contributed by atoms with E-state index in [4.69, 9.17) is 11.7 Å². The molecule has 0 unspecified atom stereocenters. The van der Waals surface area contributed by atoms with Gasteiger partial charge < -0.3 is 11.7 Å². The molecule has 0 atom stereocenters. The van der Waals surface area contributed by atoms with Gasteiger partial charge in [0.15, 0.2) is 11.6 Å². The normalized spacial score (nSPS) is 11.1. The molecule has 4 aromatic rings. The number of nitrogens with two attached hydrogens (primary N) is 2. The fourth-order valence-electron chi connectivity index (χ4n) is 3.14. The van der Waals surface area contributed by atoms with E-state index < -0.39 is 0 Å². The average molecular weight is 467 g/mol. The van der Waals surface area contributed by atoms with E-state index in [2.05, 4.69) is 44.7 Å². The summed E-state index contributed by atoms with van der Waals surface area (Å²) in [7, 11) is 0. The molecule has 2 aromatic heterocycles. The first-order valence-corrected chi connectivity index (χ1v) is 12.4. The van der Waals surface area contributed by atoms with Gasteiger partial charge >= 0.3 is 0 Å². The molecular weight excluding hydrogens is 440 g/mol. The molecule has 10 heteroatoms. The quantitative estimate of drug-likeness (QED) is 0.197. The number of thioether (sulfide) groups is 2. The largest absolute Gasteiger partial charge is 0.336 e. The molecule has 0 amide bonds. The number of unbranched alkanes of at least 4 members (excludes halogenated alkanes) is 1. The number of rotatable bonds is 11. The summed E-state index contributed by atoms with van der Waals surface area (Å²) < 4.78 is 3.19. The second-order valence-electron chi connectivity index (χ2n) is 7.27. The van der Waals surface area contributed by atoms with Crippen molar-refractivity contribution in [1.82, 2.24) is 29.7 Å². The molecule has 0 spiro atoms. The molecule has 0 aliphatic carbocycles. The first-order chi connectivity index (χ1) is 15.7. The Bertz CT molecular complexity index is 1020. The highest BCUT2D eigenvalue weighted by Crippen LogP contribution is 2.21. The van der Waals surface area contributed by atoms with Crippen LogP contribution in [0.4, 0.5) is 0 Å². The summed E-state index contributed by atoms with van der Waals surface area (Å²) in [5, 5.41) is 18.4. The number of nitrogens with zero attached hydrogens (tertiary/aromatic N) is 6. The first kappa shape index (κ1) is 22.2. The van der Waals surface area contributed by atoms with Crippen LogP contribution in [-0.2, 0) is 12.8 Å². The van der Waals surface area contributed by atoms with Crippen LogP contribution in [0.1, 0.15) is 35.6 Å². The molecular formula is C22H26N8S2. The standard InChI is InChI=1S/C22H26N8S2/c23-29-19(15-17-9-3-1-4-10-17)25-27-21(29)31-13-7-8-14-32-22-28-26-20(30(22)24)16-18-11-5-2-6-12-18/h1-6,9-12H,7-8,13-16,23-24H2. The maximum Gasteiger partial charge on any atom is 0.209 e. The zero-order valence-electron chi connectivity index (χ0n) is 17.7. The minimum atomic E-state index is 0.674. The molecule has 2 heterocycles. The van der Waals surface area contributed by atoms with Gasteiger partial charge in [0, 0.05) is 24.3 Å². The van der Waals surface area contributed by atoms with Gasteiger partial charge in [-0.3, -0.25) is 0 Å². The summed E-state index contributed by atoms with van der Waals surface area (Å²) in [6.07, 6.45) is 3.42. The second-order valence-corrected chi connectivity index (χ2v) is 9.39. The highest BCUT2D eigenvalue weighted by Gasteiger charge is 2.12. The van der Waals surface area contributed by atoms with Gasteiger partial charge in [0.25, 0.3) is 0 Å². The van der Waals surface area contributed by atoms with Crippen LogP contribution >= 0.6 is 23.5 Å². The smallest absolute Gasteiger partial charge is 0.209 e. The van der Waals surface area contributed by atoms with E-state index >= 15 is 0 Å². The summed E-state index contributed by atoms with van der Waals surface area (Å²) in [5.74, 6) is 15.7. The van der Waals surface area contributed by atoms with E-state index in [0.29, 0.717) is 12.8 Å². The average Bonchev–Trinajstić information content (AvgIpc) is 3.34. The maximum atomic E-state index is 6.18. The highest BCUT2D eigenvalue weighted by molar-refractivity contribution is 7.99. The van der Waals surface area contributed by atoms with Crippen molar-refractivity contribution in [2.75, 3.05) is 23.2 Å². The van der Waals surface area contributed by atoms with Crippen molar-refractivity contribution in [3.05, 3.63) is 83.4 Å². The Morgan fingerprint density at radius 3 is 1.41 bits per heavy atom. The van der Waals surface area contributed by atoms with Gasteiger partial charge in [-0.05, 0) is 24.0 Å². The predicted molar refractivity (Wildman–Crippen MR) is 130 cm³/mol. The van der Waals surface area contributed by atoms with Gasteiger partial charge in [0.05, 0.1) is 0 Å². The fourth-order valence-corrected chi connectivity index (χ4v) is 4.89. The second kappa shape index (κ2) is 11.1. The summed E-state index contributed by atoms with van der Waals surface area (Å²) in [5.41, 5.74) is 2.33. The Balaban J connectivity index is 1.18. The van der Waals surface area contributed by atoms with E-state index in [9.17, 15) is 0 Å². The predicted octanol–water partition coefficient (Wildman–Crippen LogP) is 3.14. The topological polar surface area (TPSA) is 113 Å². The van der Waals surface area contributed by atoms with E-state index in [0.717, 1.165) is 46.3 Å². The van der Waals surface area contributed by atoms with Gasteiger partial charge in [-0.25, -0.2) is 9.35 Å². The van der Waals surface area contributed by atoms with Crippen molar-refractivity contribution >= 4 is 23.5 Å². The summed E-state index contributed by atoms with van der Waals surface area (Å²) in [6.45, 7) is 0. The molecule has 0 aliphatic rings. The van der Waals surface area contributed by atoms with Crippen LogP contribution in [0.5, 0.6) is 0 Å². The van der Waals surface area contributed by atoms with Crippen molar-refractivity contribution < 1.29 is 0 Å². The van der Waals surface area contributed by atoms with Crippen molar-refractivity contribution in [1.29, 1.82) is 0 Å². The Hall–Kier alpha value is -2.98. The molecule has 0 fully saturated rings.